The molecule has 2 aromatic carbocycles. The van der Waals surface area contributed by atoms with Crippen LogP contribution in [-0.2, 0) is 0 Å². The summed E-state index contributed by atoms with van der Waals surface area (Å²) < 4.78 is 0. The molecule has 30 heavy (non-hydrogen) atoms. The molecule has 3 heterocycles. The molecule has 0 saturated carbocycles. The third kappa shape index (κ3) is 3.71. The zero-order valence-electron chi connectivity index (χ0n) is 16.2. The van der Waals surface area contributed by atoms with Crippen molar-refractivity contribution in [3.8, 4) is 44.9 Å². The van der Waals surface area contributed by atoms with Crippen molar-refractivity contribution in [2.24, 2.45) is 0 Å². The van der Waals surface area contributed by atoms with Crippen molar-refractivity contribution in [1.82, 2.24) is 19.9 Å². The van der Waals surface area contributed by atoms with Crippen molar-refractivity contribution < 1.29 is 0 Å². The maximum atomic E-state index is 4.79. The lowest BCUT2D eigenvalue weighted by atomic mass is 10.0. The molecule has 0 N–H and O–H groups in total. The molecule has 4 heteroatoms. The summed E-state index contributed by atoms with van der Waals surface area (Å²) in [6, 6.07) is 26.6. The first-order valence-corrected chi connectivity index (χ1v) is 9.71. The van der Waals surface area contributed by atoms with Crippen LogP contribution >= 0.6 is 0 Å². The Morgan fingerprint density at radius 3 is 1.33 bits per heavy atom. The fraction of sp³-hybridized carbons (Fsp3) is 0. The van der Waals surface area contributed by atoms with E-state index in [4.69, 9.17) is 4.98 Å². The number of benzene rings is 2. The van der Waals surface area contributed by atoms with E-state index in [0.717, 1.165) is 39.1 Å². The van der Waals surface area contributed by atoms with Gasteiger partial charge in [-0.2, -0.15) is 0 Å². The van der Waals surface area contributed by atoms with Crippen molar-refractivity contribution >= 4 is 0 Å². The molecule has 5 aromatic rings. The lowest BCUT2D eigenvalue weighted by Crippen LogP contribution is -1.92. The molecule has 0 atom stereocenters. The van der Waals surface area contributed by atoms with Gasteiger partial charge in [-0.15, -0.1) is 0 Å². The molecule has 4 nitrogen and oxygen atoms in total. The van der Waals surface area contributed by atoms with Gasteiger partial charge >= 0.3 is 0 Å². The predicted octanol–water partition coefficient (Wildman–Crippen LogP) is 5.93. The van der Waals surface area contributed by atoms with Crippen LogP contribution in [0.25, 0.3) is 44.9 Å². The predicted molar refractivity (Wildman–Crippen MR) is 119 cm³/mol. The fourth-order valence-corrected chi connectivity index (χ4v) is 3.39. The van der Waals surface area contributed by atoms with Crippen molar-refractivity contribution in [2.45, 2.75) is 0 Å². The molecule has 0 unspecified atom stereocenters. The van der Waals surface area contributed by atoms with E-state index in [9.17, 15) is 0 Å². The Morgan fingerprint density at radius 1 is 0.367 bits per heavy atom. The van der Waals surface area contributed by atoms with E-state index in [1.807, 2.05) is 36.5 Å². The molecule has 0 bridgehead atoms. The second-order valence-corrected chi connectivity index (χ2v) is 6.89. The van der Waals surface area contributed by atoms with Crippen molar-refractivity contribution in [1.29, 1.82) is 0 Å². The Hall–Kier alpha value is -4.18. The number of hydrogen-bond donors (Lipinski definition) is 0. The first kappa shape index (κ1) is 17.9. The van der Waals surface area contributed by atoms with E-state index in [1.54, 1.807) is 24.8 Å². The second-order valence-electron chi connectivity index (χ2n) is 6.89. The van der Waals surface area contributed by atoms with Gasteiger partial charge in [0, 0.05) is 42.1 Å². The third-order valence-electron chi connectivity index (χ3n) is 5.01. The molecule has 0 radical (unpaired) electrons. The number of pyridine rings is 2. The molecule has 0 aliphatic rings. The SMILES string of the molecule is c1cc(-c2ccc(-c3ccnc(-c4ccc(-c5ccncc5)cc4)n3)cc2)ccn1. The summed E-state index contributed by atoms with van der Waals surface area (Å²) in [5, 5.41) is 0. The van der Waals surface area contributed by atoms with Crippen molar-refractivity contribution in [3.05, 3.63) is 110 Å². The Morgan fingerprint density at radius 2 is 0.800 bits per heavy atom. The van der Waals surface area contributed by atoms with Gasteiger partial charge in [-0.3, -0.25) is 9.97 Å². The molecular formula is C26H18N4. The van der Waals surface area contributed by atoms with Crippen molar-refractivity contribution in [3.63, 3.8) is 0 Å². The smallest absolute Gasteiger partial charge is 0.159 e. The summed E-state index contributed by atoms with van der Waals surface area (Å²) in [6.07, 6.45) is 9.02. The first-order chi connectivity index (χ1) is 14.9. The molecule has 0 amide bonds. The van der Waals surface area contributed by atoms with Gasteiger partial charge in [0.1, 0.15) is 0 Å². The van der Waals surface area contributed by atoms with Crippen LogP contribution in [0.1, 0.15) is 0 Å². The van der Waals surface area contributed by atoms with E-state index >= 15 is 0 Å². The number of rotatable bonds is 4. The molecule has 142 valence electrons. The zero-order chi connectivity index (χ0) is 20.2. The van der Waals surface area contributed by atoms with E-state index in [1.165, 1.54) is 0 Å². The maximum absolute atomic E-state index is 4.79. The molecule has 0 saturated heterocycles. The Labute approximate surface area is 175 Å². The van der Waals surface area contributed by atoms with Crippen LogP contribution in [0, 0.1) is 0 Å². The molecule has 0 fully saturated rings. The highest BCUT2D eigenvalue weighted by Gasteiger charge is 2.06. The summed E-state index contributed by atoms with van der Waals surface area (Å²) in [5.74, 6) is 0.715. The Balaban J connectivity index is 1.42. The standard InChI is InChI=1S/C26H18N4/c1-5-23(6-2-19(1)21-9-14-27-15-10-21)25-13-18-29-26(30-25)24-7-3-20(4-8-24)22-11-16-28-17-12-22/h1-18H. The van der Waals surface area contributed by atoms with Crippen LogP contribution in [0.5, 0.6) is 0 Å². The third-order valence-corrected chi connectivity index (χ3v) is 5.01. The normalized spacial score (nSPS) is 10.7. The summed E-state index contributed by atoms with van der Waals surface area (Å²) in [4.78, 5) is 17.4. The van der Waals surface area contributed by atoms with Crippen LogP contribution in [0.15, 0.2) is 110 Å². The maximum Gasteiger partial charge on any atom is 0.159 e. The molecular weight excluding hydrogens is 368 g/mol. The zero-order valence-corrected chi connectivity index (χ0v) is 16.2. The highest BCUT2D eigenvalue weighted by molar-refractivity contribution is 5.71. The molecule has 5 rings (SSSR count). The van der Waals surface area contributed by atoms with Gasteiger partial charge in [-0.25, -0.2) is 9.97 Å². The minimum Gasteiger partial charge on any atom is -0.265 e. The lowest BCUT2D eigenvalue weighted by molar-refractivity contribution is 1.18. The summed E-state index contributed by atoms with van der Waals surface area (Å²) in [5.41, 5.74) is 7.54. The Kier molecular flexibility index (Phi) is 4.80. The minimum atomic E-state index is 0.715. The van der Waals surface area contributed by atoms with Gasteiger partial charge in [0.2, 0.25) is 0 Å². The highest BCUT2D eigenvalue weighted by atomic mass is 14.9. The van der Waals surface area contributed by atoms with Gasteiger partial charge in [0.05, 0.1) is 5.69 Å². The average molecular weight is 386 g/mol. The topological polar surface area (TPSA) is 51.6 Å². The van der Waals surface area contributed by atoms with Gasteiger partial charge in [-0.1, -0.05) is 48.5 Å². The van der Waals surface area contributed by atoms with Crippen LogP contribution in [-0.4, -0.2) is 19.9 Å². The van der Waals surface area contributed by atoms with E-state index in [-0.39, 0.29) is 0 Å². The second kappa shape index (κ2) is 8.05. The highest BCUT2D eigenvalue weighted by Crippen LogP contribution is 2.26. The quantitative estimate of drug-likeness (QED) is 0.384. The largest absolute Gasteiger partial charge is 0.265 e. The van der Waals surface area contributed by atoms with Crippen LogP contribution in [0.4, 0.5) is 0 Å². The number of hydrogen-bond acceptors (Lipinski definition) is 4. The monoisotopic (exact) mass is 386 g/mol. The number of nitrogens with zero attached hydrogens (tertiary/aromatic N) is 4. The molecule has 0 aliphatic heterocycles. The summed E-state index contributed by atoms with van der Waals surface area (Å²) in [6.45, 7) is 0. The minimum absolute atomic E-state index is 0.715. The van der Waals surface area contributed by atoms with Crippen LogP contribution in [0.3, 0.4) is 0 Å². The Bertz CT molecular complexity index is 1150. The van der Waals surface area contributed by atoms with E-state index in [0.29, 0.717) is 5.82 Å². The van der Waals surface area contributed by atoms with Gasteiger partial charge in [0.15, 0.2) is 5.82 Å². The molecule has 0 aliphatic carbocycles. The summed E-state index contributed by atoms with van der Waals surface area (Å²) in [7, 11) is 0. The van der Waals surface area contributed by atoms with Crippen LogP contribution < -0.4 is 0 Å². The molecule has 3 aromatic heterocycles. The lowest BCUT2D eigenvalue weighted by Gasteiger charge is -2.07. The van der Waals surface area contributed by atoms with Crippen molar-refractivity contribution in [2.75, 3.05) is 0 Å². The van der Waals surface area contributed by atoms with Crippen LogP contribution in [0.2, 0.25) is 0 Å². The van der Waals surface area contributed by atoms with E-state index in [2.05, 4.69) is 63.5 Å². The van der Waals surface area contributed by atoms with Gasteiger partial charge < -0.3 is 0 Å². The van der Waals surface area contributed by atoms with E-state index < -0.39 is 0 Å². The first-order valence-electron chi connectivity index (χ1n) is 9.71. The number of aromatic nitrogens is 4. The fourth-order valence-electron chi connectivity index (χ4n) is 3.39. The average Bonchev–Trinajstić information content (AvgIpc) is 2.85. The van der Waals surface area contributed by atoms with Gasteiger partial charge in [-0.05, 0) is 52.6 Å². The van der Waals surface area contributed by atoms with Gasteiger partial charge in [0.25, 0.3) is 0 Å². The molecule has 0 spiro atoms. The summed E-state index contributed by atoms with van der Waals surface area (Å²) >= 11 is 0.